The molecule has 1 aromatic heterocycles. The first-order chi connectivity index (χ1) is 17.7. The van der Waals surface area contributed by atoms with Crippen LogP contribution in [0, 0.1) is 0 Å². The van der Waals surface area contributed by atoms with Gasteiger partial charge in [-0.1, -0.05) is 65.5 Å². The Hall–Kier alpha value is -2.26. The van der Waals surface area contributed by atoms with Crippen molar-refractivity contribution in [1.29, 1.82) is 0 Å². The van der Waals surface area contributed by atoms with Crippen LogP contribution >= 0.6 is 69.5 Å². The molecular formula is C26H19Cl4N3O2S2. The molecule has 4 aromatic rings. The molecule has 0 radical (unpaired) electrons. The predicted molar refractivity (Wildman–Crippen MR) is 157 cm³/mol. The van der Waals surface area contributed by atoms with Crippen LogP contribution in [0.25, 0.3) is 11.3 Å². The molecule has 5 nitrogen and oxygen atoms in total. The second kappa shape index (κ2) is 12.5. The standard InChI is InChI=1S/C26H19Cl4N3O2S2/c1-2-23(25(35)33-26-32-22(13-36-26)14-6-9-19(28)21(30)10-14)37-17-5-3-4-16(12-17)31-24(34)18-8-7-15(27)11-20(18)29/h3-13,23H,2H2,1H3,(H,31,34)(H,32,33,35). The van der Waals surface area contributed by atoms with E-state index in [0.29, 0.717) is 43.6 Å². The van der Waals surface area contributed by atoms with Gasteiger partial charge in [-0.2, -0.15) is 0 Å². The molecule has 0 spiro atoms. The highest BCUT2D eigenvalue weighted by molar-refractivity contribution is 8.00. The normalized spacial score (nSPS) is 11.7. The summed E-state index contributed by atoms with van der Waals surface area (Å²) in [7, 11) is 0. The number of nitrogens with zero attached hydrogens (tertiary/aromatic N) is 1. The fraction of sp³-hybridized carbons (Fsp3) is 0.115. The summed E-state index contributed by atoms with van der Waals surface area (Å²) in [5.74, 6) is -0.514. The van der Waals surface area contributed by atoms with Crippen molar-refractivity contribution < 1.29 is 9.59 Å². The lowest BCUT2D eigenvalue weighted by Gasteiger charge is -2.14. The van der Waals surface area contributed by atoms with E-state index in [0.717, 1.165) is 10.5 Å². The van der Waals surface area contributed by atoms with Gasteiger partial charge >= 0.3 is 0 Å². The summed E-state index contributed by atoms with van der Waals surface area (Å²) in [5, 5.41) is 9.34. The maximum absolute atomic E-state index is 13.0. The minimum absolute atomic E-state index is 0.162. The molecule has 0 saturated carbocycles. The Labute approximate surface area is 242 Å². The maximum atomic E-state index is 13.0. The molecule has 0 aliphatic carbocycles. The second-order valence-corrected chi connectivity index (χ2v) is 11.6. The molecule has 0 aliphatic rings. The van der Waals surface area contributed by atoms with E-state index in [9.17, 15) is 9.59 Å². The van der Waals surface area contributed by atoms with Crippen LogP contribution in [0.1, 0.15) is 23.7 Å². The molecule has 3 aromatic carbocycles. The molecule has 0 aliphatic heterocycles. The van der Waals surface area contributed by atoms with Crippen molar-refractivity contribution in [2.24, 2.45) is 0 Å². The van der Waals surface area contributed by atoms with Gasteiger partial charge in [0.15, 0.2) is 5.13 Å². The Kier molecular flexibility index (Phi) is 9.40. The Morgan fingerprint density at radius 1 is 0.946 bits per heavy atom. The molecule has 0 fully saturated rings. The number of thiazole rings is 1. The molecule has 2 N–H and O–H groups in total. The molecule has 2 amide bonds. The third-order valence-electron chi connectivity index (χ3n) is 5.16. The zero-order valence-corrected chi connectivity index (χ0v) is 23.9. The number of halogens is 4. The Bertz CT molecular complexity index is 1460. The van der Waals surface area contributed by atoms with Gasteiger partial charge in [-0.05, 0) is 55.0 Å². The number of hydrogen-bond donors (Lipinski definition) is 2. The Morgan fingerprint density at radius 2 is 1.76 bits per heavy atom. The molecule has 1 atom stereocenters. The predicted octanol–water partition coefficient (Wildman–Crippen LogP) is 9.19. The summed E-state index contributed by atoms with van der Waals surface area (Å²) >= 11 is 26.9. The van der Waals surface area contributed by atoms with E-state index >= 15 is 0 Å². The van der Waals surface area contributed by atoms with Crippen LogP contribution in [-0.4, -0.2) is 22.0 Å². The van der Waals surface area contributed by atoms with Crippen molar-refractivity contribution in [2.45, 2.75) is 23.5 Å². The number of anilines is 2. The molecule has 0 bridgehead atoms. The van der Waals surface area contributed by atoms with Crippen molar-refractivity contribution in [3.05, 3.63) is 91.7 Å². The number of benzene rings is 3. The number of carbonyl (C=O) groups excluding carboxylic acids is 2. The van der Waals surface area contributed by atoms with E-state index in [1.807, 2.05) is 36.6 Å². The summed E-state index contributed by atoms with van der Waals surface area (Å²) in [4.78, 5) is 31.0. The third-order valence-corrected chi connectivity index (χ3v) is 8.56. The molecule has 1 heterocycles. The third kappa shape index (κ3) is 7.19. The monoisotopic (exact) mass is 609 g/mol. The number of carbonyl (C=O) groups is 2. The Balaban J connectivity index is 1.41. The van der Waals surface area contributed by atoms with Crippen molar-refractivity contribution in [1.82, 2.24) is 4.98 Å². The van der Waals surface area contributed by atoms with E-state index in [1.165, 1.54) is 29.2 Å². The molecule has 37 heavy (non-hydrogen) atoms. The van der Waals surface area contributed by atoms with Crippen LogP contribution in [0.5, 0.6) is 0 Å². The highest BCUT2D eigenvalue weighted by atomic mass is 35.5. The number of nitrogens with one attached hydrogen (secondary N) is 2. The van der Waals surface area contributed by atoms with E-state index in [4.69, 9.17) is 46.4 Å². The first-order valence-electron chi connectivity index (χ1n) is 11.0. The highest BCUT2D eigenvalue weighted by Gasteiger charge is 2.20. The SMILES string of the molecule is CCC(Sc1cccc(NC(=O)c2ccc(Cl)cc2Cl)c1)C(=O)Nc1nc(-c2ccc(Cl)c(Cl)c2)cs1. The number of amides is 2. The van der Waals surface area contributed by atoms with E-state index in [1.54, 1.807) is 30.3 Å². The van der Waals surface area contributed by atoms with Gasteiger partial charge in [0.1, 0.15) is 0 Å². The average Bonchev–Trinajstić information content (AvgIpc) is 3.32. The van der Waals surface area contributed by atoms with E-state index in [2.05, 4.69) is 15.6 Å². The van der Waals surface area contributed by atoms with Gasteiger partial charge in [-0.3, -0.25) is 9.59 Å². The topological polar surface area (TPSA) is 71.1 Å². The minimum atomic E-state index is -0.367. The zero-order chi connectivity index (χ0) is 26.5. The first kappa shape index (κ1) is 27.8. The van der Waals surface area contributed by atoms with Crippen LogP contribution in [0.15, 0.2) is 70.9 Å². The second-order valence-electron chi connectivity index (χ2n) is 7.78. The van der Waals surface area contributed by atoms with Gasteiger partial charge < -0.3 is 10.6 Å². The fourth-order valence-corrected chi connectivity index (χ4v) is 5.84. The Morgan fingerprint density at radius 3 is 2.49 bits per heavy atom. The smallest absolute Gasteiger partial charge is 0.257 e. The van der Waals surface area contributed by atoms with Gasteiger partial charge in [0.25, 0.3) is 5.91 Å². The largest absolute Gasteiger partial charge is 0.322 e. The molecule has 190 valence electrons. The van der Waals surface area contributed by atoms with Crippen LogP contribution in [0.3, 0.4) is 0 Å². The molecule has 0 saturated heterocycles. The fourth-order valence-electron chi connectivity index (χ4n) is 3.31. The number of thioether (sulfide) groups is 1. The number of aromatic nitrogens is 1. The molecule has 1 unspecified atom stereocenters. The molecule has 4 rings (SSSR count). The summed E-state index contributed by atoms with van der Waals surface area (Å²) in [5.41, 5.74) is 2.41. The van der Waals surface area contributed by atoms with Crippen molar-refractivity contribution in [3.63, 3.8) is 0 Å². The molecule has 11 heteroatoms. The van der Waals surface area contributed by atoms with E-state index < -0.39 is 0 Å². The zero-order valence-electron chi connectivity index (χ0n) is 19.2. The van der Waals surface area contributed by atoms with Crippen LogP contribution in [0.2, 0.25) is 20.1 Å². The van der Waals surface area contributed by atoms with Crippen molar-refractivity contribution in [2.75, 3.05) is 10.6 Å². The van der Waals surface area contributed by atoms with Crippen LogP contribution in [0.4, 0.5) is 10.8 Å². The van der Waals surface area contributed by atoms with Gasteiger partial charge in [0, 0.05) is 26.5 Å². The molecular weight excluding hydrogens is 592 g/mol. The minimum Gasteiger partial charge on any atom is -0.322 e. The maximum Gasteiger partial charge on any atom is 0.257 e. The highest BCUT2D eigenvalue weighted by Crippen LogP contribution is 2.32. The summed E-state index contributed by atoms with van der Waals surface area (Å²) in [6.07, 6.45) is 0.596. The summed E-state index contributed by atoms with van der Waals surface area (Å²) in [6.45, 7) is 1.94. The van der Waals surface area contributed by atoms with Crippen molar-refractivity contribution in [3.8, 4) is 11.3 Å². The lowest BCUT2D eigenvalue weighted by molar-refractivity contribution is -0.115. The first-order valence-corrected chi connectivity index (χ1v) is 14.3. The van der Waals surface area contributed by atoms with Crippen molar-refractivity contribution >= 4 is 92.1 Å². The van der Waals surface area contributed by atoms with Gasteiger partial charge in [0.05, 0.1) is 31.6 Å². The van der Waals surface area contributed by atoms with Crippen LogP contribution in [-0.2, 0) is 4.79 Å². The number of rotatable bonds is 8. The van der Waals surface area contributed by atoms with Gasteiger partial charge in [-0.25, -0.2) is 4.98 Å². The van der Waals surface area contributed by atoms with Crippen LogP contribution < -0.4 is 10.6 Å². The lowest BCUT2D eigenvalue weighted by Crippen LogP contribution is -2.24. The summed E-state index contributed by atoms with van der Waals surface area (Å²) in [6, 6.07) is 17.3. The average molecular weight is 611 g/mol. The van der Waals surface area contributed by atoms with E-state index in [-0.39, 0.29) is 22.1 Å². The van der Waals surface area contributed by atoms with Gasteiger partial charge in [-0.15, -0.1) is 23.1 Å². The number of hydrogen-bond acceptors (Lipinski definition) is 5. The van der Waals surface area contributed by atoms with Gasteiger partial charge in [0.2, 0.25) is 5.91 Å². The lowest BCUT2D eigenvalue weighted by atomic mass is 10.2. The quantitative estimate of drug-likeness (QED) is 0.195. The summed E-state index contributed by atoms with van der Waals surface area (Å²) < 4.78 is 0.